The minimum atomic E-state index is -0.777. The van der Waals surface area contributed by atoms with E-state index in [1.807, 2.05) is 0 Å². The second kappa shape index (κ2) is 6.20. The maximum absolute atomic E-state index is 13.5. The lowest BCUT2D eigenvalue weighted by atomic mass is 10.1. The molecule has 0 spiro atoms. The summed E-state index contributed by atoms with van der Waals surface area (Å²) in [6.45, 7) is 1.44. The summed E-state index contributed by atoms with van der Waals surface area (Å²) in [6.07, 6.45) is -0.777. The quantitative estimate of drug-likeness (QED) is 0.914. The lowest BCUT2D eigenvalue weighted by Crippen LogP contribution is -2.03. The number of hydrogen-bond donors (Lipinski definition) is 1. The standard InChI is InChI=1S/C15H13ClF2O2/c1-9(19)13-7-11(16)2-5-15(13)20-8-10-6-12(17)3-4-14(10)18/h2-7,9,19H,8H2,1H3/t9-/m0/s1. The van der Waals surface area contributed by atoms with Crippen LogP contribution >= 0.6 is 11.6 Å². The van der Waals surface area contributed by atoms with E-state index in [4.69, 9.17) is 16.3 Å². The first kappa shape index (κ1) is 14.8. The van der Waals surface area contributed by atoms with Crippen LogP contribution in [0.2, 0.25) is 5.02 Å². The average Bonchev–Trinajstić information content (AvgIpc) is 2.40. The van der Waals surface area contributed by atoms with Crippen molar-refractivity contribution in [3.05, 3.63) is 64.2 Å². The Balaban J connectivity index is 2.20. The molecule has 0 bridgehead atoms. The lowest BCUT2D eigenvalue weighted by molar-refractivity contribution is 0.190. The Morgan fingerprint density at radius 2 is 1.95 bits per heavy atom. The van der Waals surface area contributed by atoms with Crippen LogP contribution in [0.5, 0.6) is 5.75 Å². The van der Waals surface area contributed by atoms with Crippen molar-refractivity contribution >= 4 is 11.6 Å². The van der Waals surface area contributed by atoms with Crippen molar-refractivity contribution in [3.63, 3.8) is 0 Å². The monoisotopic (exact) mass is 298 g/mol. The predicted molar refractivity (Wildman–Crippen MR) is 72.8 cm³/mol. The van der Waals surface area contributed by atoms with Gasteiger partial charge < -0.3 is 9.84 Å². The van der Waals surface area contributed by atoms with Crippen molar-refractivity contribution in [1.82, 2.24) is 0 Å². The van der Waals surface area contributed by atoms with Crippen molar-refractivity contribution in [1.29, 1.82) is 0 Å². The van der Waals surface area contributed by atoms with Crippen molar-refractivity contribution in [3.8, 4) is 5.75 Å². The van der Waals surface area contributed by atoms with Gasteiger partial charge in [0.15, 0.2) is 0 Å². The van der Waals surface area contributed by atoms with Gasteiger partial charge in [-0.2, -0.15) is 0 Å². The van der Waals surface area contributed by atoms with Gasteiger partial charge in [0.05, 0.1) is 6.10 Å². The molecule has 0 saturated carbocycles. The fourth-order valence-electron chi connectivity index (χ4n) is 1.79. The van der Waals surface area contributed by atoms with E-state index >= 15 is 0 Å². The molecule has 2 rings (SSSR count). The molecule has 0 aromatic heterocycles. The van der Waals surface area contributed by atoms with Crippen molar-refractivity contribution in [2.24, 2.45) is 0 Å². The summed E-state index contributed by atoms with van der Waals surface area (Å²) in [6, 6.07) is 7.93. The van der Waals surface area contributed by atoms with Gasteiger partial charge in [-0.05, 0) is 43.3 Å². The molecule has 0 unspecified atom stereocenters. The zero-order chi connectivity index (χ0) is 14.7. The van der Waals surface area contributed by atoms with Crippen molar-refractivity contribution in [2.75, 3.05) is 0 Å². The van der Waals surface area contributed by atoms with Gasteiger partial charge in [0, 0.05) is 16.1 Å². The Bertz CT molecular complexity index is 615. The third-order valence-corrected chi connectivity index (χ3v) is 3.05. The predicted octanol–water partition coefficient (Wildman–Crippen LogP) is 4.25. The molecule has 20 heavy (non-hydrogen) atoms. The van der Waals surface area contributed by atoms with Gasteiger partial charge >= 0.3 is 0 Å². The van der Waals surface area contributed by atoms with E-state index in [0.717, 1.165) is 18.2 Å². The summed E-state index contributed by atoms with van der Waals surface area (Å²) in [7, 11) is 0. The summed E-state index contributed by atoms with van der Waals surface area (Å²) in [5.41, 5.74) is 0.603. The first-order valence-electron chi connectivity index (χ1n) is 6.01. The molecule has 0 saturated heterocycles. The van der Waals surface area contributed by atoms with Gasteiger partial charge in [0.2, 0.25) is 0 Å². The minimum absolute atomic E-state index is 0.108. The van der Waals surface area contributed by atoms with Crippen molar-refractivity contribution < 1.29 is 18.6 Å². The molecule has 106 valence electrons. The summed E-state index contributed by atoms with van der Waals surface area (Å²) in [4.78, 5) is 0. The number of halogens is 3. The highest BCUT2D eigenvalue weighted by molar-refractivity contribution is 6.30. The maximum atomic E-state index is 13.5. The summed E-state index contributed by atoms with van der Waals surface area (Å²) in [5.74, 6) is -0.691. The largest absolute Gasteiger partial charge is 0.488 e. The number of ether oxygens (including phenoxy) is 1. The third-order valence-electron chi connectivity index (χ3n) is 2.81. The molecule has 0 fully saturated rings. The third kappa shape index (κ3) is 3.46. The SMILES string of the molecule is C[C@H](O)c1cc(Cl)ccc1OCc1cc(F)ccc1F. The smallest absolute Gasteiger partial charge is 0.130 e. The first-order valence-corrected chi connectivity index (χ1v) is 6.39. The van der Waals surface area contributed by atoms with Crippen LogP contribution in [0.25, 0.3) is 0 Å². The van der Waals surface area contributed by atoms with E-state index < -0.39 is 17.7 Å². The molecule has 0 radical (unpaired) electrons. The summed E-state index contributed by atoms with van der Waals surface area (Å²) >= 11 is 5.85. The Hall–Kier alpha value is -1.65. The second-order valence-corrected chi connectivity index (χ2v) is 4.82. The van der Waals surface area contributed by atoms with Crippen LogP contribution in [0, 0.1) is 11.6 Å². The molecule has 0 amide bonds. The molecule has 2 nitrogen and oxygen atoms in total. The van der Waals surface area contributed by atoms with Crippen LogP contribution in [0.15, 0.2) is 36.4 Å². The highest BCUT2D eigenvalue weighted by atomic mass is 35.5. The van der Waals surface area contributed by atoms with E-state index in [0.29, 0.717) is 16.3 Å². The molecular formula is C15H13ClF2O2. The molecule has 0 aliphatic carbocycles. The van der Waals surface area contributed by atoms with E-state index in [9.17, 15) is 13.9 Å². The minimum Gasteiger partial charge on any atom is -0.488 e. The van der Waals surface area contributed by atoms with Crippen LogP contribution in [-0.2, 0) is 6.61 Å². The average molecular weight is 299 g/mol. The summed E-state index contributed by atoms with van der Waals surface area (Å²) in [5, 5.41) is 10.1. The van der Waals surface area contributed by atoms with Gasteiger partial charge in [-0.15, -0.1) is 0 Å². The van der Waals surface area contributed by atoms with Gasteiger partial charge in [0.1, 0.15) is 24.0 Å². The molecular weight excluding hydrogens is 286 g/mol. The van der Waals surface area contributed by atoms with Crippen LogP contribution in [0.3, 0.4) is 0 Å². The molecule has 5 heteroatoms. The number of benzene rings is 2. The Kier molecular flexibility index (Phi) is 4.57. The molecule has 1 atom stereocenters. The van der Waals surface area contributed by atoms with Crippen LogP contribution in [-0.4, -0.2) is 5.11 Å². The van der Waals surface area contributed by atoms with Crippen LogP contribution in [0.4, 0.5) is 8.78 Å². The molecule has 1 N–H and O–H groups in total. The Labute approximate surface area is 120 Å². The molecule has 0 aliphatic rings. The number of hydrogen-bond acceptors (Lipinski definition) is 2. The van der Waals surface area contributed by atoms with Gasteiger partial charge in [0.25, 0.3) is 0 Å². The second-order valence-electron chi connectivity index (χ2n) is 4.38. The van der Waals surface area contributed by atoms with Crippen LogP contribution < -0.4 is 4.74 Å². The van der Waals surface area contributed by atoms with E-state index in [1.54, 1.807) is 25.1 Å². The zero-order valence-electron chi connectivity index (χ0n) is 10.7. The molecule has 0 aliphatic heterocycles. The van der Waals surface area contributed by atoms with Crippen molar-refractivity contribution in [2.45, 2.75) is 19.6 Å². The highest BCUT2D eigenvalue weighted by Gasteiger charge is 2.11. The zero-order valence-corrected chi connectivity index (χ0v) is 11.5. The highest BCUT2D eigenvalue weighted by Crippen LogP contribution is 2.29. The first-order chi connectivity index (χ1) is 9.47. The van der Waals surface area contributed by atoms with Gasteiger partial charge in [-0.3, -0.25) is 0 Å². The Morgan fingerprint density at radius 3 is 2.65 bits per heavy atom. The Morgan fingerprint density at radius 1 is 1.20 bits per heavy atom. The molecule has 2 aromatic rings. The van der Waals surface area contributed by atoms with E-state index in [2.05, 4.69) is 0 Å². The van der Waals surface area contributed by atoms with Gasteiger partial charge in [-0.25, -0.2) is 8.78 Å². The van der Waals surface area contributed by atoms with Crippen LogP contribution in [0.1, 0.15) is 24.2 Å². The fraction of sp³-hybridized carbons (Fsp3) is 0.200. The molecule has 0 heterocycles. The van der Waals surface area contributed by atoms with Gasteiger partial charge in [-0.1, -0.05) is 11.6 Å². The summed E-state index contributed by atoms with van der Waals surface area (Å²) < 4.78 is 32.0. The number of aliphatic hydroxyl groups is 1. The lowest BCUT2D eigenvalue weighted by Gasteiger charge is -2.14. The van der Waals surface area contributed by atoms with E-state index in [-0.39, 0.29) is 12.2 Å². The number of aliphatic hydroxyl groups excluding tert-OH is 1. The normalized spacial score (nSPS) is 12.2. The molecule has 2 aromatic carbocycles. The van der Waals surface area contributed by atoms with E-state index in [1.165, 1.54) is 0 Å². The maximum Gasteiger partial charge on any atom is 0.130 e. The topological polar surface area (TPSA) is 29.5 Å². The fourth-order valence-corrected chi connectivity index (χ4v) is 1.97. The number of rotatable bonds is 4.